The topological polar surface area (TPSA) is 50.9 Å². The molecule has 0 spiro atoms. The van der Waals surface area contributed by atoms with Crippen LogP contribution in [0.5, 0.6) is 0 Å². The molecule has 0 saturated carbocycles. The number of nitrogen functional groups attached to an aromatic ring is 1. The van der Waals surface area contributed by atoms with E-state index in [0.29, 0.717) is 12.0 Å². The highest BCUT2D eigenvalue weighted by molar-refractivity contribution is 7.15. The van der Waals surface area contributed by atoms with Crippen LogP contribution in [0.25, 0.3) is 0 Å². The van der Waals surface area contributed by atoms with Crippen molar-refractivity contribution in [2.45, 2.75) is 38.6 Å². The van der Waals surface area contributed by atoms with E-state index in [1.807, 2.05) is 0 Å². The average Bonchev–Trinajstić information content (AvgIpc) is 2.60. The van der Waals surface area contributed by atoms with Crippen molar-refractivity contribution < 1.29 is 0 Å². The molecule has 0 fully saturated rings. The van der Waals surface area contributed by atoms with E-state index in [1.54, 1.807) is 11.3 Å². The van der Waals surface area contributed by atoms with Crippen LogP contribution in [0, 0.1) is 0 Å². The number of hydrogen-bond acceptors (Lipinski definition) is 4. The van der Waals surface area contributed by atoms with Crippen LogP contribution in [-0.4, -0.2) is 17.6 Å². The number of nitrogens with one attached hydrogen (secondary N) is 1. The Balaban J connectivity index is 2.02. The highest BCUT2D eigenvalue weighted by Crippen LogP contribution is 2.36. The average molecular weight is 211 g/mol. The fourth-order valence-corrected chi connectivity index (χ4v) is 2.83. The number of nitrogens with zero attached hydrogens (tertiary/aromatic N) is 1. The quantitative estimate of drug-likeness (QED) is 0.801. The van der Waals surface area contributed by atoms with Gasteiger partial charge in [0.25, 0.3) is 0 Å². The SMILES string of the molecule is CC(C)NCC1CCc2sc(N)nc21. The molecule has 0 aromatic carbocycles. The van der Waals surface area contributed by atoms with Gasteiger partial charge in [-0.1, -0.05) is 13.8 Å². The summed E-state index contributed by atoms with van der Waals surface area (Å²) in [6, 6.07) is 0.551. The van der Waals surface area contributed by atoms with E-state index in [-0.39, 0.29) is 0 Å². The molecule has 3 nitrogen and oxygen atoms in total. The maximum absolute atomic E-state index is 5.69. The van der Waals surface area contributed by atoms with Crippen LogP contribution in [-0.2, 0) is 6.42 Å². The maximum atomic E-state index is 5.69. The van der Waals surface area contributed by atoms with Crippen molar-refractivity contribution in [3.63, 3.8) is 0 Å². The third-order valence-electron chi connectivity index (χ3n) is 2.62. The van der Waals surface area contributed by atoms with E-state index in [1.165, 1.54) is 17.0 Å². The molecule has 1 aliphatic carbocycles. The molecule has 78 valence electrons. The Morgan fingerprint density at radius 1 is 1.64 bits per heavy atom. The zero-order valence-electron chi connectivity index (χ0n) is 8.71. The number of rotatable bonds is 3. The Bertz CT molecular complexity index is 319. The standard InChI is InChI=1S/C10H17N3S/c1-6(2)12-5-7-3-4-8-9(7)13-10(11)14-8/h6-7,12H,3-5H2,1-2H3,(H2,11,13). The number of nitrogens with two attached hydrogens (primary N) is 1. The summed E-state index contributed by atoms with van der Waals surface area (Å²) < 4.78 is 0. The molecule has 0 amide bonds. The van der Waals surface area contributed by atoms with Gasteiger partial charge in [-0.25, -0.2) is 4.98 Å². The smallest absolute Gasteiger partial charge is 0.180 e. The van der Waals surface area contributed by atoms with Gasteiger partial charge in [-0.2, -0.15) is 0 Å². The molecule has 0 aliphatic heterocycles. The largest absolute Gasteiger partial charge is 0.375 e. The number of aromatic nitrogens is 1. The van der Waals surface area contributed by atoms with E-state index < -0.39 is 0 Å². The molecular formula is C10H17N3S. The van der Waals surface area contributed by atoms with Gasteiger partial charge >= 0.3 is 0 Å². The van der Waals surface area contributed by atoms with Crippen LogP contribution in [0.3, 0.4) is 0 Å². The molecule has 1 atom stereocenters. The minimum Gasteiger partial charge on any atom is -0.375 e. The summed E-state index contributed by atoms with van der Waals surface area (Å²) in [5, 5.41) is 4.19. The van der Waals surface area contributed by atoms with E-state index in [0.717, 1.165) is 18.1 Å². The van der Waals surface area contributed by atoms with Crippen molar-refractivity contribution in [1.29, 1.82) is 0 Å². The normalized spacial score (nSPS) is 20.4. The molecule has 1 heterocycles. The predicted octanol–water partition coefficient (Wildman–Crippen LogP) is 1.75. The molecule has 3 N–H and O–H groups in total. The number of hydrogen-bond donors (Lipinski definition) is 2. The fraction of sp³-hybridized carbons (Fsp3) is 0.700. The lowest BCUT2D eigenvalue weighted by atomic mass is 10.1. The highest BCUT2D eigenvalue weighted by Gasteiger charge is 2.26. The van der Waals surface area contributed by atoms with Crippen molar-refractivity contribution in [3.05, 3.63) is 10.6 Å². The minimum atomic E-state index is 0.551. The Morgan fingerprint density at radius 3 is 3.14 bits per heavy atom. The molecule has 1 unspecified atom stereocenters. The number of anilines is 1. The van der Waals surface area contributed by atoms with E-state index in [4.69, 9.17) is 5.73 Å². The molecule has 0 radical (unpaired) electrons. The van der Waals surface area contributed by atoms with E-state index in [2.05, 4.69) is 24.1 Å². The third kappa shape index (κ3) is 1.91. The molecule has 14 heavy (non-hydrogen) atoms. The number of fused-ring (bicyclic) bond motifs is 1. The van der Waals surface area contributed by atoms with Crippen molar-refractivity contribution in [1.82, 2.24) is 10.3 Å². The number of thiazole rings is 1. The predicted molar refractivity (Wildman–Crippen MR) is 60.7 cm³/mol. The summed E-state index contributed by atoms with van der Waals surface area (Å²) >= 11 is 1.65. The summed E-state index contributed by atoms with van der Waals surface area (Å²) in [6.07, 6.45) is 2.39. The summed E-state index contributed by atoms with van der Waals surface area (Å²) in [5.74, 6) is 0.584. The Labute approximate surface area is 88.7 Å². The van der Waals surface area contributed by atoms with Crippen molar-refractivity contribution in [2.75, 3.05) is 12.3 Å². The zero-order chi connectivity index (χ0) is 10.1. The highest BCUT2D eigenvalue weighted by atomic mass is 32.1. The number of aryl methyl sites for hydroxylation is 1. The summed E-state index contributed by atoms with van der Waals surface area (Å²) in [6.45, 7) is 5.38. The first kappa shape index (κ1) is 9.93. The van der Waals surface area contributed by atoms with Gasteiger partial charge in [0.15, 0.2) is 5.13 Å². The second-order valence-electron chi connectivity index (χ2n) is 4.16. The van der Waals surface area contributed by atoms with Gasteiger partial charge < -0.3 is 11.1 Å². The second-order valence-corrected chi connectivity index (χ2v) is 5.27. The van der Waals surface area contributed by atoms with Gasteiger partial charge in [0.2, 0.25) is 0 Å². The van der Waals surface area contributed by atoms with E-state index >= 15 is 0 Å². The van der Waals surface area contributed by atoms with Crippen LogP contribution in [0.2, 0.25) is 0 Å². The fourth-order valence-electron chi connectivity index (χ4n) is 1.90. The summed E-state index contributed by atoms with van der Waals surface area (Å²) in [7, 11) is 0. The molecule has 1 aromatic heterocycles. The lowest BCUT2D eigenvalue weighted by Crippen LogP contribution is -2.27. The summed E-state index contributed by atoms with van der Waals surface area (Å²) in [5.41, 5.74) is 6.94. The van der Waals surface area contributed by atoms with Crippen LogP contribution in [0.4, 0.5) is 5.13 Å². The van der Waals surface area contributed by atoms with Gasteiger partial charge in [-0.15, -0.1) is 11.3 Å². The van der Waals surface area contributed by atoms with Gasteiger partial charge in [-0.05, 0) is 12.8 Å². The monoisotopic (exact) mass is 211 g/mol. The lowest BCUT2D eigenvalue weighted by molar-refractivity contribution is 0.522. The molecule has 0 bridgehead atoms. The van der Waals surface area contributed by atoms with Gasteiger partial charge in [0.05, 0.1) is 5.69 Å². The molecule has 1 aliphatic rings. The second kappa shape index (κ2) is 3.87. The van der Waals surface area contributed by atoms with Crippen molar-refractivity contribution >= 4 is 16.5 Å². The maximum Gasteiger partial charge on any atom is 0.180 e. The molecule has 4 heteroatoms. The molecule has 1 aromatic rings. The molecular weight excluding hydrogens is 194 g/mol. The Kier molecular flexibility index (Phi) is 2.74. The lowest BCUT2D eigenvalue weighted by Gasteiger charge is -2.13. The third-order valence-corrected chi connectivity index (χ3v) is 3.58. The first-order valence-corrected chi connectivity index (χ1v) is 5.97. The summed E-state index contributed by atoms with van der Waals surface area (Å²) in [4.78, 5) is 5.81. The molecule has 2 rings (SSSR count). The van der Waals surface area contributed by atoms with Gasteiger partial charge in [0, 0.05) is 23.4 Å². The van der Waals surface area contributed by atoms with Gasteiger partial charge in [0.1, 0.15) is 0 Å². The van der Waals surface area contributed by atoms with Crippen LogP contribution in [0.1, 0.15) is 36.8 Å². The van der Waals surface area contributed by atoms with Crippen LogP contribution < -0.4 is 11.1 Å². The van der Waals surface area contributed by atoms with Crippen LogP contribution >= 0.6 is 11.3 Å². The van der Waals surface area contributed by atoms with E-state index in [9.17, 15) is 0 Å². The van der Waals surface area contributed by atoms with Gasteiger partial charge in [-0.3, -0.25) is 0 Å². The zero-order valence-corrected chi connectivity index (χ0v) is 9.53. The Morgan fingerprint density at radius 2 is 2.43 bits per heavy atom. The first-order valence-electron chi connectivity index (χ1n) is 5.15. The van der Waals surface area contributed by atoms with Crippen LogP contribution in [0.15, 0.2) is 0 Å². The van der Waals surface area contributed by atoms with Crippen molar-refractivity contribution in [2.24, 2.45) is 0 Å². The molecule has 0 saturated heterocycles. The Hall–Kier alpha value is -0.610. The minimum absolute atomic E-state index is 0.551. The first-order chi connectivity index (χ1) is 6.66. The van der Waals surface area contributed by atoms with Crippen molar-refractivity contribution in [3.8, 4) is 0 Å².